The Bertz CT molecular complexity index is 1050. The fraction of sp³-hybridized carbons (Fsp3) is 0.724. The van der Waals surface area contributed by atoms with Crippen molar-refractivity contribution < 1.29 is 42.9 Å². The number of ketones is 2. The molecule has 38 heavy (non-hydrogen) atoms. The number of fused-ring (bicyclic) bond motifs is 5. The van der Waals surface area contributed by atoms with E-state index in [9.17, 15) is 24.3 Å². The number of ether oxygens (including phenoxy) is 3. The Hall–Kier alpha value is -2.55. The summed E-state index contributed by atoms with van der Waals surface area (Å²) in [6, 6.07) is 0. The molecule has 1 unspecified atom stereocenters. The molecular formula is C29H39FO8. The zero-order valence-corrected chi connectivity index (χ0v) is 22.7. The van der Waals surface area contributed by atoms with Crippen LogP contribution in [-0.4, -0.2) is 59.9 Å². The Labute approximate surface area is 223 Å². The van der Waals surface area contributed by atoms with Gasteiger partial charge < -0.3 is 19.3 Å². The van der Waals surface area contributed by atoms with E-state index in [4.69, 9.17) is 14.2 Å². The summed E-state index contributed by atoms with van der Waals surface area (Å²) in [6.45, 7) is 6.87. The third-order valence-corrected chi connectivity index (χ3v) is 9.55. The van der Waals surface area contributed by atoms with Crippen LogP contribution in [0, 0.1) is 28.6 Å². The summed E-state index contributed by atoms with van der Waals surface area (Å²) in [7, 11) is 0. The zero-order valence-electron chi connectivity index (χ0n) is 22.7. The molecule has 0 bridgehead atoms. The van der Waals surface area contributed by atoms with Gasteiger partial charge in [0, 0.05) is 23.2 Å². The number of aliphatic hydroxyl groups excluding tert-OH is 1. The van der Waals surface area contributed by atoms with E-state index in [1.165, 1.54) is 12.2 Å². The van der Waals surface area contributed by atoms with Crippen molar-refractivity contribution in [2.45, 2.75) is 90.5 Å². The molecule has 1 N–H and O–H groups in total. The van der Waals surface area contributed by atoms with Crippen molar-refractivity contribution in [2.24, 2.45) is 28.6 Å². The fourth-order valence-electron chi connectivity index (χ4n) is 7.90. The summed E-state index contributed by atoms with van der Waals surface area (Å²) in [5.41, 5.74) is -3.19. The van der Waals surface area contributed by atoms with Crippen LogP contribution in [0.25, 0.3) is 0 Å². The normalized spacial score (nSPS) is 39.4. The van der Waals surface area contributed by atoms with E-state index in [0.29, 0.717) is 24.8 Å². The Morgan fingerprint density at radius 1 is 1.16 bits per heavy atom. The molecule has 0 amide bonds. The maximum Gasteiger partial charge on any atom is 0.509 e. The monoisotopic (exact) mass is 534 g/mol. The number of esters is 1. The van der Waals surface area contributed by atoms with Crippen LogP contribution in [0.4, 0.5) is 9.18 Å². The molecule has 4 rings (SSSR count). The SMILES string of the molecule is CCCOC(=O)O[C@]1(C(=O)COC(=O)CCC)CC[C@H]2[C@@H]3C[C@H](F)C4=CC(=O)C=C[C@]4(C)[C@H]3C(O)C[C@@]21C. The highest BCUT2D eigenvalue weighted by molar-refractivity contribution is 6.01. The number of carbonyl (C=O) groups is 4. The van der Waals surface area contributed by atoms with Gasteiger partial charge in [0.25, 0.3) is 0 Å². The summed E-state index contributed by atoms with van der Waals surface area (Å²) < 4.78 is 31.9. The smallest absolute Gasteiger partial charge is 0.457 e. The van der Waals surface area contributed by atoms with Crippen molar-refractivity contribution in [1.29, 1.82) is 0 Å². The van der Waals surface area contributed by atoms with Gasteiger partial charge in [-0.1, -0.05) is 33.8 Å². The maximum absolute atomic E-state index is 15.6. The van der Waals surface area contributed by atoms with Crippen LogP contribution in [0.3, 0.4) is 0 Å². The largest absolute Gasteiger partial charge is 0.509 e. The van der Waals surface area contributed by atoms with Gasteiger partial charge in [0.05, 0.1) is 12.7 Å². The second-order valence-electron chi connectivity index (χ2n) is 11.7. The number of hydrogen-bond donors (Lipinski definition) is 1. The van der Waals surface area contributed by atoms with Crippen molar-refractivity contribution in [3.63, 3.8) is 0 Å². The Morgan fingerprint density at radius 3 is 2.58 bits per heavy atom. The number of rotatable bonds is 8. The average Bonchev–Trinajstić information content (AvgIpc) is 3.14. The van der Waals surface area contributed by atoms with Crippen LogP contribution in [-0.2, 0) is 28.6 Å². The quantitative estimate of drug-likeness (QED) is 0.455. The summed E-state index contributed by atoms with van der Waals surface area (Å²) in [6.07, 6.45) is 3.29. The molecule has 0 heterocycles. The fourth-order valence-corrected chi connectivity index (χ4v) is 7.90. The predicted octanol–water partition coefficient (Wildman–Crippen LogP) is 4.43. The molecule has 3 fully saturated rings. The second-order valence-corrected chi connectivity index (χ2v) is 11.7. The first-order valence-corrected chi connectivity index (χ1v) is 13.8. The topological polar surface area (TPSA) is 116 Å². The Morgan fingerprint density at radius 2 is 1.89 bits per heavy atom. The molecule has 0 spiro atoms. The van der Waals surface area contributed by atoms with Gasteiger partial charge in [-0.25, -0.2) is 9.18 Å². The molecule has 4 aliphatic carbocycles. The lowest BCUT2D eigenvalue weighted by Crippen LogP contribution is -2.64. The van der Waals surface area contributed by atoms with Crippen molar-refractivity contribution >= 4 is 23.7 Å². The Balaban J connectivity index is 1.70. The van der Waals surface area contributed by atoms with Crippen molar-refractivity contribution in [1.82, 2.24) is 0 Å². The first-order chi connectivity index (χ1) is 17.9. The Kier molecular flexibility index (Phi) is 7.90. The standard InChI is InChI=1S/C29H39FO8/c1-5-7-24(34)37-16-23(33)29(38-26(35)36-12-6-2)11-9-19-18-14-21(30)20-13-17(31)8-10-27(20,3)25(18)22(32)15-28(19,29)4/h8,10,13,18-19,21-22,25,32H,5-7,9,11-12,14-16H2,1-4H3/t18-,19-,21-,22?,25+,27-,28-,29-/m0/s1. The molecule has 0 aromatic rings. The van der Waals surface area contributed by atoms with E-state index < -0.39 is 53.2 Å². The third kappa shape index (κ3) is 4.50. The lowest BCUT2D eigenvalue weighted by molar-refractivity contribution is -0.187. The molecule has 0 radical (unpaired) electrons. The molecule has 0 aliphatic heterocycles. The lowest BCUT2D eigenvalue weighted by Gasteiger charge is -2.60. The van der Waals surface area contributed by atoms with Gasteiger partial charge in [-0.15, -0.1) is 0 Å². The highest BCUT2D eigenvalue weighted by Gasteiger charge is 2.71. The van der Waals surface area contributed by atoms with Gasteiger partial charge in [-0.2, -0.15) is 0 Å². The van der Waals surface area contributed by atoms with Gasteiger partial charge in [-0.05, 0) is 68.1 Å². The third-order valence-electron chi connectivity index (χ3n) is 9.55. The van der Waals surface area contributed by atoms with Gasteiger partial charge >= 0.3 is 12.1 Å². The maximum atomic E-state index is 15.6. The molecule has 3 saturated carbocycles. The van der Waals surface area contributed by atoms with Crippen LogP contribution in [0.2, 0.25) is 0 Å². The summed E-state index contributed by atoms with van der Waals surface area (Å²) in [5.74, 6) is -2.31. The summed E-state index contributed by atoms with van der Waals surface area (Å²) in [4.78, 5) is 50.6. The first kappa shape index (κ1) is 28.5. The van der Waals surface area contributed by atoms with Crippen LogP contribution < -0.4 is 0 Å². The van der Waals surface area contributed by atoms with Crippen LogP contribution in [0.15, 0.2) is 23.8 Å². The van der Waals surface area contributed by atoms with E-state index in [-0.39, 0.29) is 55.8 Å². The minimum atomic E-state index is -1.69. The molecule has 210 valence electrons. The van der Waals surface area contributed by atoms with Crippen LogP contribution in [0.5, 0.6) is 0 Å². The highest BCUT2D eigenvalue weighted by Crippen LogP contribution is 2.68. The average molecular weight is 535 g/mol. The van der Waals surface area contributed by atoms with E-state index in [2.05, 4.69) is 0 Å². The molecule has 9 heteroatoms. The molecule has 0 aromatic heterocycles. The summed E-state index contributed by atoms with van der Waals surface area (Å²) >= 11 is 0. The molecule has 0 saturated heterocycles. The van der Waals surface area contributed by atoms with Crippen molar-refractivity contribution in [2.75, 3.05) is 13.2 Å². The number of halogens is 1. The van der Waals surface area contributed by atoms with E-state index in [1.54, 1.807) is 6.08 Å². The van der Waals surface area contributed by atoms with Crippen LogP contribution in [0.1, 0.15) is 72.6 Å². The van der Waals surface area contributed by atoms with Crippen LogP contribution >= 0.6 is 0 Å². The van der Waals surface area contributed by atoms with Gasteiger partial charge in [0.2, 0.25) is 5.78 Å². The summed E-state index contributed by atoms with van der Waals surface area (Å²) in [5, 5.41) is 11.6. The molecule has 0 aromatic carbocycles. The number of hydrogen-bond acceptors (Lipinski definition) is 8. The van der Waals surface area contributed by atoms with Crippen molar-refractivity contribution in [3.8, 4) is 0 Å². The number of carbonyl (C=O) groups excluding carboxylic acids is 4. The van der Waals surface area contributed by atoms with Crippen molar-refractivity contribution in [3.05, 3.63) is 23.8 Å². The van der Waals surface area contributed by atoms with Gasteiger partial charge in [0.1, 0.15) is 6.17 Å². The molecule has 8 nitrogen and oxygen atoms in total. The lowest BCUT2D eigenvalue weighted by atomic mass is 9.46. The molecular weight excluding hydrogens is 495 g/mol. The molecule has 8 atom stereocenters. The van der Waals surface area contributed by atoms with Gasteiger partial charge in [-0.3, -0.25) is 14.4 Å². The minimum Gasteiger partial charge on any atom is -0.457 e. The zero-order chi connectivity index (χ0) is 27.9. The van der Waals surface area contributed by atoms with E-state index in [0.717, 1.165) is 0 Å². The highest BCUT2D eigenvalue weighted by atomic mass is 19.1. The predicted molar refractivity (Wildman–Crippen MR) is 135 cm³/mol. The second kappa shape index (κ2) is 10.5. The number of aliphatic hydroxyl groups is 1. The first-order valence-electron chi connectivity index (χ1n) is 13.8. The van der Waals surface area contributed by atoms with E-state index in [1.807, 2.05) is 27.7 Å². The van der Waals surface area contributed by atoms with E-state index >= 15 is 4.39 Å². The number of alkyl halides is 1. The van der Waals surface area contributed by atoms with Gasteiger partial charge in [0.15, 0.2) is 18.0 Å². The minimum absolute atomic E-state index is 0.0978. The number of Topliss-reactive ketones (excluding diaryl/α,β-unsaturated/α-hetero) is 1. The number of allylic oxidation sites excluding steroid dienone is 4. The molecule has 4 aliphatic rings.